The Morgan fingerprint density at radius 1 is 0.410 bits per heavy atom. The van der Waals surface area contributed by atoms with Crippen molar-refractivity contribution in [1.82, 2.24) is 26.6 Å². The van der Waals surface area contributed by atoms with Crippen molar-refractivity contribution in [2.45, 2.75) is 251 Å². The Morgan fingerprint density at radius 3 is 1.21 bits per heavy atom. The lowest BCUT2D eigenvalue weighted by atomic mass is 10.0. The molecule has 0 spiro atoms. The summed E-state index contributed by atoms with van der Waals surface area (Å²) < 4.78 is 0. The van der Waals surface area contributed by atoms with Gasteiger partial charge in [0.15, 0.2) is 0 Å². The highest BCUT2D eigenvalue weighted by Crippen LogP contribution is 2.24. The normalized spacial score (nSPS) is 12.0. The summed E-state index contributed by atoms with van der Waals surface area (Å²) >= 11 is 0. The summed E-state index contributed by atoms with van der Waals surface area (Å²) in [4.78, 5) is 26.2. The molecule has 0 aromatic heterocycles. The third-order valence-electron chi connectivity index (χ3n) is 11.9. The number of nitrogens with two attached hydrogens (primary N) is 1. The number of carbonyl (C=O) groups excluding carboxylic acids is 2. The molecule has 0 unspecified atom stereocenters. The van der Waals surface area contributed by atoms with Crippen LogP contribution >= 0.6 is 21.6 Å². The molecule has 61 heavy (non-hydrogen) atoms. The van der Waals surface area contributed by atoms with Gasteiger partial charge in [-0.25, -0.2) is 0 Å². The lowest BCUT2D eigenvalue weighted by molar-refractivity contribution is -0.128. The molecule has 0 bridgehead atoms. The summed E-state index contributed by atoms with van der Waals surface area (Å²) in [5.74, 6) is 1.57. The molecular weight excluding hydrogens is 793 g/mol. The molecule has 364 valence electrons. The number of hydrogen-bond donors (Lipinski definition) is 6. The Hall–Kier alpha value is -0.520. The van der Waals surface area contributed by atoms with E-state index in [2.05, 4.69) is 40.4 Å². The Kier molecular flexibility index (Phi) is 53.4. The summed E-state index contributed by atoms with van der Waals surface area (Å²) in [5, 5.41) is 16.4. The van der Waals surface area contributed by atoms with E-state index in [9.17, 15) is 9.59 Å². The predicted octanol–water partition coefficient (Wildman–Crippen LogP) is 12.8. The number of carbonyl (C=O) groups is 2. The zero-order valence-electron chi connectivity index (χ0n) is 40.8. The minimum absolute atomic E-state index is 0.0383. The van der Waals surface area contributed by atoms with Crippen LogP contribution in [0.15, 0.2) is 0 Å². The molecule has 0 saturated heterocycles. The molecule has 0 rings (SSSR count). The van der Waals surface area contributed by atoms with Gasteiger partial charge in [0.25, 0.3) is 0 Å². The first-order valence-electron chi connectivity index (χ1n) is 26.8. The van der Waals surface area contributed by atoms with Crippen LogP contribution in [-0.4, -0.2) is 81.7 Å². The van der Waals surface area contributed by atoms with Crippen LogP contribution < -0.4 is 32.3 Å². The minimum Gasteiger partial charge on any atom is -0.354 e. The first kappa shape index (κ1) is 60.5. The van der Waals surface area contributed by atoms with E-state index in [0.717, 1.165) is 77.1 Å². The number of hydrogen-bond acceptors (Lipinski definition) is 8. The molecule has 0 aliphatic heterocycles. The van der Waals surface area contributed by atoms with E-state index in [4.69, 9.17) is 5.73 Å². The fourth-order valence-corrected chi connectivity index (χ4v) is 10.1. The quantitative estimate of drug-likeness (QED) is 0.0264. The number of nitrogens with one attached hydrogen (secondary N) is 5. The van der Waals surface area contributed by atoms with Gasteiger partial charge in [-0.3, -0.25) is 9.59 Å². The second-order valence-electron chi connectivity index (χ2n) is 18.0. The maximum Gasteiger partial charge on any atom is 0.243 e. The van der Waals surface area contributed by atoms with E-state index in [0.29, 0.717) is 12.3 Å². The van der Waals surface area contributed by atoms with Crippen LogP contribution in [0.2, 0.25) is 0 Å². The number of amides is 2. The van der Waals surface area contributed by atoms with Crippen LogP contribution in [0.4, 0.5) is 0 Å². The van der Waals surface area contributed by atoms with E-state index in [-0.39, 0.29) is 18.4 Å². The Labute approximate surface area is 388 Å². The van der Waals surface area contributed by atoms with Crippen molar-refractivity contribution < 1.29 is 9.59 Å². The molecule has 0 aliphatic carbocycles. The zero-order chi connectivity index (χ0) is 44.2. The highest BCUT2D eigenvalue weighted by atomic mass is 33.1. The van der Waals surface area contributed by atoms with Crippen molar-refractivity contribution in [2.75, 3.05) is 63.9 Å². The fourth-order valence-electron chi connectivity index (χ4n) is 7.84. The molecule has 10 heteroatoms. The van der Waals surface area contributed by atoms with E-state index in [1.807, 2.05) is 10.8 Å². The maximum absolute atomic E-state index is 13.3. The van der Waals surface area contributed by atoms with Gasteiger partial charge in [0.1, 0.15) is 6.04 Å². The monoisotopic (exact) mass is 899 g/mol. The van der Waals surface area contributed by atoms with E-state index < -0.39 is 6.04 Å². The van der Waals surface area contributed by atoms with Crippen LogP contribution in [-0.2, 0) is 9.59 Å². The van der Waals surface area contributed by atoms with Crippen LogP contribution in [0.1, 0.15) is 245 Å². The molecule has 0 radical (unpaired) electrons. The second-order valence-corrected chi connectivity index (χ2v) is 20.6. The van der Waals surface area contributed by atoms with Gasteiger partial charge >= 0.3 is 0 Å². The summed E-state index contributed by atoms with van der Waals surface area (Å²) in [6.07, 6.45) is 48.0. The van der Waals surface area contributed by atoms with Crippen LogP contribution in [0.25, 0.3) is 0 Å². The van der Waals surface area contributed by atoms with Crippen molar-refractivity contribution in [2.24, 2.45) is 5.73 Å². The molecule has 1 atom stereocenters. The van der Waals surface area contributed by atoms with Gasteiger partial charge in [0.05, 0.1) is 6.54 Å². The largest absolute Gasteiger partial charge is 0.354 e. The standard InChI is InChI=1S/C51H106N6O2S2/c1-3-5-7-9-11-13-15-17-19-21-23-25-27-29-31-33-45-56-51(59)49(57-50(58)47-55-44-38-43-54-41-35-34-40-53-42-37-39-52)48-61-60-46-36-32-30-28-26-24-22-20-18-16-14-12-10-8-6-4-2/h49,53-55H,3-48,52H2,1-2H3,(H,56,59)(H,57,58)/t49-/m0/s1. The topological polar surface area (TPSA) is 120 Å². The third-order valence-corrected chi connectivity index (χ3v) is 14.4. The van der Waals surface area contributed by atoms with Crippen molar-refractivity contribution in [3.05, 3.63) is 0 Å². The van der Waals surface area contributed by atoms with Crippen molar-refractivity contribution in [3.8, 4) is 0 Å². The first-order chi connectivity index (χ1) is 30.2. The van der Waals surface area contributed by atoms with Crippen molar-refractivity contribution >= 4 is 33.4 Å². The summed E-state index contributed by atoms with van der Waals surface area (Å²) in [6, 6.07) is -0.495. The Morgan fingerprint density at radius 2 is 0.770 bits per heavy atom. The third kappa shape index (κ3) is 50.3. The Bertz CT molecular complexity index is 873. The smallest absolute Gasteiger partial charge is 0.243 e. The van der Waals surface area contributed by atoms with E-state index in [1.165, 1.54) is 199 Å². The van der Waals surface area contributed by atoms with Crippen LogP contribution in [0, 0.1) is 0 Å². The lowest BCUT2D eigenvalue weighted by Crippen LogP contribution is -2.50. The summed E-state index contributed by atoms with van der Waals surface area (Å²) in [6.45, 7) is 11.1. The van der Waals surface area contributed by atoms with Gasteiger partial charge < -0.3 is 32.3 Å². The fraction of sp³-hybridized carbons (Fsp3) is 0.961. The first-order valence-corrected chi connectivity index (χ1v) is 29.3. The minimum atomic E-state index is -0.495. The molecular formula is C51H106N6O2S2. The van der Waals surface area contributed by atoms with Gasteiger partial charge in [-0.15, -0.1) is 0 Å². The van der Waals surface area contributed by atoms with Crippen LogP contribution in [0.3, 0.4) is 0 Å². The van der Waals surface area contributed by atoms with Crippen molar-refractivity contribution in [3.63, 3.8) is 0 Å². The molecule has 7 N–H and O–H groups in total. The summed E-state index contributed by atoms with van der Waals surface area (Å²) in [5.41, 5.74) is 5.54. The SMILES string of the molecule is CCCCCCCCCCCCCCCCCCNC(=O)[C@H](CSSCCCCCCCCCCCCCCCCCC)NC(=O)CNCCCNCCCCNCCCN. The average molecular weight is 900 g/mol. The maximum atomic E-state index is 13.3. The summed E-state index contributed by atoms with van der Waals surface area (Å²) in [7, 11) is 3.59. The van der Waals surface area contributed by atoms with Gasteiger partial charge in [0, 0.05) is 18.1 Å². The molecule has 8 nitrogen and oxygen atoms in total. The van der Waals surface area contributed by atoms with Gasteiger partial charge in [0.2, 0.25) is 11.8 Å². The molecule has 0 aromatic carbocycles. The van der Waals surface area contributed by atoms with Crippen LogP contribution in [0.5, 0.6) is 0 Å². The van der Waals surface area contributed by atoms with Gasteiger partial charge in [-0.1, -0.05) is 228 Å². The predicted molar refractivity (Wildman–Crippen MR) is 275 cm³/mol. The Balaban J connectivity index is 4.18. The average Bonchev–Trinajstić information content (AvgIpc) is 3.26. The molecule has 0 aromatic rings. The van der Waals surface area contributed by atoms with E-state index in [1.54, 1.807) is 10.8 Å². The highest BCUT2D eigenvalue weighted by molar-refractivity contribution is 8.76. The molecule has 0 heterocycles. The van der Waals surface area contributed by atoms with E-state index >= 15 is 0 Å². The molecule has 0 fully saturated rings. The van der Waals surface area contributed by atoms with Gasteiger partial charge in [-0.2, -0.15) is 0 Å². The van der Waals surface area contributed by atoms with Crippen molar-refractivity contribution in [1.29, 1.82) is 0 Å². The second kappa shape index (κ2) is 53.8. The molecule has 2 amide bonds. The molecule has 0 saturated carbocycles. The van der Waals surface area contributed by atoms with Gasteiger partial charge in [-0.05, 0) is 77.8 Å². The lowest BCUT2D eigenvalue weighted by Gasteiger charge is -2.18. The number of unbranched alkanes of at least 4 members (excludes halogenated alkanes) is 31. The number of rotatable bonds is 53. The highest BCUT2D eigenvalue weighted by Gasteiger charge is 2.20. The zero-order valence-corrected chi connectivity index (χ0v) is 42.4. The molecule has 0 aliphatic rings.